The van der Waals surface area contributed by atoms with E-state index in [-0.39, 0.29) is 17.4 Å². The molecule has 0 bridgehead atoms. The smallest absolute Gasteiger partial charge is 0.251 e. The Morgan fingerprint density at radius 2 is 1.92 bits per heavy atom. The lowest BCUT2D eigenvalue weighted by Gasteiger charge is -2.19. The van der Waals surface area contributed by atoms with Crippen molar-refractivity contribution in [3.05, 3.63) is 59.2 Å². The number of carbonyl (C=O) groups is 1. The topological polar surface area (TPSA) is 47.6 Å². The number of hydrogen-bond acceptors (Lipinski definition) is 3. The lowest BCUT2D eigenvalue weighted by atomic mass is 9.86. The van der Waals surface area contributed by atoms with Crippen LogP contribution in [0.1, 0.15) is 42.3 Å². The van der Waals surface area contributed by atoms with E-state index in [1.807, 2.05) is 6.07 Å². The average molecular weight is 339 g/mol. The van der Waals surface area contributed by atoms with Gasteiger partial charge in [0.05, 0.1) is 13.7 Å². The number of methoxy groups -OCH3 is 1. The Morgan fingerprint density at radius 3 is 2.56 bits per heavy atom. The van der Waals surface area contributed by atoms with Crippen molar-refractivity contribution in [2.75, 3.05) is 13.7 Å². The lowest BCUT2D eigenvalue weighted by molar-refractivity contribution is 0.0933. The molecule has 1 N–H and O–H groups in total. The zero-order valence-electron chi connectivity index (χ0n) is 15.3. The summed E-state index contributed by atoms with van der Waals surface area (Å²) in [6, 6.07) is 13.5. The van der Waals surface area contributed by atoms with Gasteiger partial charge in [-0.05, 0) is 46.9 Å². The lowest BCUT2D eigenvalue weighted by Crippen LogP contribution is -2.34. The van der Waals surface area contributed by atoms with Gasteiger partial charge in [-0.3, -0.25) is 4.79 Å². The highest BCUT2D eigenvalue weighted by Crippen LogP contribution is 2.33. The van der Waals surface area contributed by atoms with Gasteiger partial charge in [-0.25, -0.2) is 0 Å². The molecule has 3 rings (SSSR count). The number of rotatable bonds is 4. The van der Waals surface area contributed by atoms with Crippen LogP contribution < -0.4 is 14.8 Å². The molecule has 132 valence electrons. The molecule has 0 unspecified atom stereocenters. The van der Waals surface area contributed by atoms with Crippen molar-refractivity contribution in [1.29, 1.82) is 0 Å². The number of nitrogens with one attached hydrogen (secondary N) is 1. The molecule has 0 spiro atoms. The molecular weight excluding hydrogens is 314 g/mol. The van der Waals surface area contributed by atoms with E-state index >= 15 is 0 Å². The maximum absolute atomic E-state index is 12.3. The van der Waals surface area contributed by atoms with Gasteiger partial charge in [0.2, 0.25) is 0 Å². The third kappa shape index (κ3) is 3.95. The van der Waals surface area contributed by atoms with Crippen LogP contribution in [0.2, 0.25) is 0 Å². The van der Waals surface area contributed by atoms with Gasteiger partial charge in [0.1, 0.15) is 17.6 Å². The Hall–Kier alpha value is -2.49. The Labute approximate surface area is 149 Å². The van der Waals surface area contributed by atoms with Crippen molar-refractivity contribution in [3.63, 3.8) is 0 Å². The molecule has 4 nitrogen and oxygen atoms in total. The number of carbonyl (C=O) groups excluding carboxylic acids is 1. The second-order valence-electron chi connectivity index (χ2n) is 7.46. The Balaban J connectivity index is 1.58. The van der Waals surface area contributed by atoms with Gasteiger partial charge in [-0.1, -0.05) is 32.9 Å². The standard InChI is InChI=1S/C21H25NO3/c1-21(2,3)16-7-10-19-15(11-16)12-18(25-19)13-22-20(23)14-5-8-17(24-4)9-6-14/h5-11,18H,12-13H2,1-4H3,(H,22,23)/t18-/m1/s1. The predicted molar refractivity (Wildman–Crippen MR) is 98.6 cm³/mol. The SMILES string of the molecule is COc1ccc(C(=O)NC[C@H]2Cc3cc(C(C)(C)C)ccc3O2)cc1. The molecule has 1 atom stereocenters. The van der Waals surface area contributed by atoms with Crippen LogP contribution in [-0.2, 0) is 11.8 Å². The fraction of sp³-hybridized carbons (Fsp3) is 0.381. The first-order valence-corrected chi connectivity index (χ1v) is 8.59. The maximum Gasteiger partial charge on any atom is 0.251 e. The molecule has 0 radical (unpaired) electrons. The second kappa shape index (κ2) is 6.79. The Bertz CT molecular complexity index is 760. The van der Waals surface area contributed by atoms with Crippen molar-refractivity contribution in [3.8, 4) is 11.5 Å². The molecule has 2 aromatic rings. The highest BCUT2D eigenvalue weighted by Gasteiger charge is 2.25. The zero-order valence-corrected chi connectivity index (χ0v) is 15.3. The van der Waals surface area contributed by atoms with Crippen LogP contribution in [0.5, 0.6) is 11.5 Å². The van der Waals surface area contributed by atoms with Crippen LogP contribution >= 0.6 is 0 Å². The molecule has 4 heteroatoms. The molecule has 0 saturated heterocycles. The summed E-state index contributed by atoms with van der Waals surface area (Å²) >= 11 is 0. The van der Waals surface area contributed by atoms with E-state index in [0.29, 0.717) is 12.1 Å². The number of benzene rings is 2. The van der Waals surface area contributed by atoms with Crippen LogP contribution in [0.3, 0.4) is 0 Å². The first kappa shape index (κ1) is 17.3. The van der Waals surface area contributed by atoms with Crippen molar-refractivity contribution >= 4 is 5.91 Å². The van der Waals surface area contributed by atoms with Crippen LogP contribution in [0.15, 0.2) is 42.5 Å². The van der Waals surface area contributed by atoms with Gasteiger partial charge < -0.3 is 14.8 Å². The van der Waals surface area contributed by atoms with Crippen LogP contribution in [0.4, 0.5) is 0 Å². The monoisotopic (exact) mass is 339 g/mol. The van der Waals surface area contributed by atoms with Gasteiger partial charge in [0.15, 0.2) is 0 Å². The third-order valence-corrected chi connectivity index (χ3v) is 4.51. The third-order valence-electron chi connectivity index (χ3n) is 4.51. The van der Waals surface area contributed by atoms with Crippen molar-refractivity contribution < 1.29 is 14.3 Å². The molecule has 0 aromatic heterocycles. The summed E-state index contributed by atoms with van der Waals surface area (Å²) in [4.78, 5) is 12.3. The summed E-state index contributed by atoms with van der Waals surface area (Å²) in [7, 11) is 1.61. The number of hydrogen-bond donors (Lipinski definition) is 1. The summed E-state index contributed by atoms with van der Waals surface area (Å²) in [5.74, 6) is 1.56. The van der Waals surface area contributed by atoms with E-state index in [0.717, 1.165) is 17.9 Å². The Kier molecular flexibility index (Phi) is 4.71. The number of amides is 1. The minimum Gasteiger partial charge on any atom is -0.497 e. The Morgan fingerprint density at radius 1 is 1.20 bits per heavy atom. The van der Waals surface area contributed by atoms with Crippen molar-refractivity contribution in [2.45, 2.75) is 38.7 Å². The summed E-state index contributed by atoms with van der Waals surface area (Å²) in [5.41, 5.74) is 3.26. The van der Waals surface area contributed by atoms with Gasteiger partial charge >= 0.3 is 0 Å². The van der Waals surface area contributed by atoms with Gasteiger partial charge in [-0.15, -0.1) is 0 Å². The quantitative estimate of drug-likeness (QED) is 0.923. The molecule has 0 saturated carbocycles. The summed E-state index contributed by atoms with van der Waals surface area (Å²) < 4.78 is 11.1. The molecule has 1 aliphatic rings. The van der Waals surface area contributed by atoms with E-state index in [4.69, 9.17) is 9.47 Å². The fourth-order valence-corrected chi connectivity index (χ4v) is 2.95. The van der Waals surface area contributed by atoms with Crippen molar-refractivity contribution in [2.24, 2.45) is 0 Å². The number of fused-ring (bicyclic) bond motifs is 1. The van der Waals surface area contributed by atoms with Crippen LogP contribution in [0.25, 0.3) is 0 Å². The summed E-state index contributed by atoms with van der Waals surface area (Å²) in [5, 5.41) is 2.95. The highest BCUT2D eigenvalue weighted by atomic mass is 16.5. The van der Waals surface area contributed by atoms with Crippen LogP contribution in [-0.4, -0.2) is 25.7 Å². The normalized spacial score (nSPS) is 16.1. The fourth-order valence-electron chi connectivity index (χ4n) is 2.95. The van der Waals surface area contributed by atoms with Gasteiger partial charge in [0, 0.05) is 12.0 Å². The first-order chi connectivity index (χ1) is 11.9. The van der Waals surface area contributed by atoms with Gasteiger partial charge in [0.25, 0.3) is 5.91 Å². The number of ether oxygens (including phenoxy) is 2. The highest BCUT2D eigenvalue weighted by molar-refractivity contribution is 5.94. The molecule has 25 heavy (non-hydrogen) atoms. The molecule has 0 fully saturated rings. The summed E-state index contributed by atoms with van der Waals surface area (Å²) in [6.45, 7) is 7.11. The summed E-state index contributed by atoms with van der Waals surface area (Å²) in [6.07, 6.45) is 0.801. The molecule has 1 amide bonds. The minimum absolute atomic E-state index is 0.0209. The second-order valence-corrected chi connectivity index (χ2v) is 7.46. The molecular formula is C21H25NO3. The maximum atomic E-state index is 12.3. The molecule has 0 aliphatic carbocycles. The van der Waals surface area contributed by atoms with E-state index in [9.17, 15) is 4.79 Å². The zero-order chi connectivity index (χ0) is 18.0. The van der Waals surface area contributed by atoms with E-state index < -0.39 is 0 Å². The average Bonchev–Trinajstić information content (AvgIpc) is 3.01. The largest absolute Gasteiger partial charge is 0.497 e. The molecule has 1 heterocycles. The minimum atomic E-state index is -0.0995. The predicted octanol–water partition coefficient (Wildman–Crippen LogP) is 3.73. The van der Waals surface area contributed by atoms with E-state index in [1.54, 1.807) is 31.4 Å². The van der Waals surface area contributed by atoms with E-state index in [1.165, 1.54) is 11.1 Å². The first-order valence-electron chi connectivity index (χ1n) is 8.59. The van der Waals surface area contributed by atoms with Gasteiger partial charge in [-0.2, -0.15) is 0 Å². The molecule has 2 aromatic carbocycles. The van der Waals surface area contributed by atoms with Crippen LogP contribution in [0, 0.1) is 0 Å². The molecule has 1 aliphatic heterocycles. The van der Waals surface area contributed by atoms with E-state index in [2.05, 4.69) is 38.2 Å². The van der Waals surface area contributed by atoms with Crippen molar-refractivity contribution in [1.82, 2.24) is 5.32 Å².